The van der Waals surface area contributed by atoms with Crippen LogP contribution in [-0.2, 0) is 11.2 Å². The molecule has 0 radical (unpaired) electrons. The summed E-state index contributed by atoms with van der Waals surface area (Å²) >= 11 is 0. The molecule has 90 valence electrons. The highest BCUT2D eigenvalue weighted by Crippen LogP contribution is 2.26. The summed E-state index contributed by atoms with van der Waals surface area (Å²) in [6.45, 7) is 8.08. The van der Waals surface area contributed by atoms with E-state index in [9.17, 15) is 4.79 Å². The first-order chi connectivity index (χ1) is 8.00. The van der Waals surface area contributed by atoms with Crippen molar-refractivity contribution < 1.29 is 4.79 Å². The van der Waals surface area contributed by atoms with Gasteiger partial charge in [0.25, 0.3) is 0 Å². The summed E-state index contributed by atoms with van der Waals surface area (Å²) in [6, 6.07) is 8.86. The number of nitrogens with zero attached hydrogens (tertiary/aromatic N) is 1. The fourth-order valence-electron chi connectivity index (χ4n) is 2.45. The zero-order chi connectivity index (χ0) is 12.6. The van der Waals surface area contributed by atoms with Crippen LogP contribution in [0.3, 0.4) is 0 Å². The van der Waals surface area contributed by atoms with Gasteiger partial charge < -0.3 is 4.57 Å². The molecular formula is C15H19NO. The molecule has 0 atom stereocenters. The van der Waals surface area contributed by atoms with Gasteiger partial charge in [-0.15, -0.1) is 0 Å². The molecule has 0 saturated heterocycles. The summed E-state index contributed by atoms with van der Waals surface area (Å²) < 4.78 is 2.27. The molecule has 1 aromatic heterocycles. The Morgan fingerprint density at radius 2 is 2.06 bits per heavy atom. The molecule has 17 heavy (non-hydrogen) atoms. The van der Waals surface area contributed by atoms with Crippen LogP contribution in [0.25, 0.3) is 10.9 Å². The lowest BCUT2D eigenvalue weighted by molar-refractivity contribution is -0.116. The molecule has 2 rings (SSSR count). The normalized spacial score (nSPS) is 11.4. The van der Waals surface area contributed by atoms with Crippen LogP contribution < -0.4 is 0 Å². The third-order valence-corrected chi connectivity index (χ3v) is 3.13. The number of rotatable bonds is 3. The van der Waals surface area contributed by atoms with E-state index in [1.807, 2.05) is 0 Å². The second kappa shape index (κ2) is 4.36. The minimum Gasteiger partial charge on any atom is -0.342 e. The fraction of sp³-hybridized carbons (Fsp3) is 0.400. The van der Waals surface area contributed by atoms with Crippen LogP contribution in [0, 0.1) is 6.92 Å². The summed E-state index contributed by atoms with van der Waals surface area (Å²) in [5.41, 5.74) is 3.62. The lowest BCUT2D eigenvalue weighted by atomic mass is 10.1. The first-order valence-electron chi connectivity index (χ1n) is 6.09. The van der Waals surface area contributed by atoms with Crippen molar-refractivity contribution in [3.8, 4) is 0 Å². The standard InChI is InChI=1S/C15H19NO/c1-10(2)16-13(8-12(4)17)9-14-11(3)6-5-7-15(14)16/h5-7,9-10H,8H2,1-4H3. The van der Waals surface area contributed by atoms with Gasteiger partial charge in [0.1, 0.15) is 5.78 Å². The lowest BCUT2D eigenvalue weighted by Gasteiger charge is -2.14. The predicted molar refractivity (Wildman–Crippen MR) is 71.4 cm³/mol. The molecule has 0 unspecified atom stereocenters. The molecule has 0 N–H and O–H groups in total. The number of carbonyl (C=O) groups is 1. The number of benzene rings is 1. The summed E-state index contributed by atoms with van der Waals surface area (Å²) in [4.78, 5) is 11.3. The van der Waals surface area contributed by atoms with E-state index in [2.05, 4.69) is 49.6 Å². The summed E-state index contributed by atoms with van der Waals surface area (Å²) in [5, 5.41) is 1.26. The van der Waals surface area contributed by atoms with Crippen molar-refractivity contribution in [2.75, 3.05) is 0 Å². The zero-order valence-electron chi connectivity index (χ0n) is 10.9. The monoisotopic (exact) mass is 229 g/mol. The van der Waals surface area contributed by atoms with E-state index in [4.69, 9.17) is 0 Å². The summed E-state index contributed by atoms with van der Waals surface area (Å²) in [6.07, 6.45) is 0.520. The van der Waals surface area contributed by atoms with Crippen LogP contribution in [0.15, 0.2) is 24.3 Å². The molecule has 1 heterocycles. The quantitative estimate of drug-likeness (QED) is 0.787. The van der Waals surface area contributed by atoms with Crippen molar-refractivity contribution in [2.24, 2.45) is 0 Å². The Hall–Kier alpha value is -1.57. The molecule has 0 spiro atoms. The van der Waals surface area contributed by atoms with Gasteiger partial charge in [0.2, 0.25) is 0 Å². The lowest BCUT2D eigenvalue weighted by Crippen LogP contribution is -2.08. The Morgan fingerprint density at radius 1 is 1.35 bits per heavy atom. The van der Waals surface area contributed by atoms with E-state index < -0.39 is 0 Å². The molecule has 0 bridgehead atoms. The Morgan fingerprint density at radius 3 is 2.65 bits per heavy atom. The van der Waals surface area contributed by atoms with Crippen LogP contribution in [0.1, 0.15) is 38.1 Å². The number of hydrogen-bond acceptors (Lipinski definition) is 1. The van der Waals surface area contributed by atoms with Crippen LogP contribution in [-0.4, -0.2) is 10.4 Å². The minimum absolute atomic E-state index is 0.215. The maximum atomic E-state index is 11.3. The third-order valence-electron chi connectivity index (χ3n) is 3.13. The number of aromatic nitrogens is 1. The van der Waals surface area contributed by atoms with Gasteiger partial charge in [-0.25, -0.2) is 0 Å². The largest absolute Gasteiger partial charge is 0.342 e. The van der Waals surface area contributed by atoms with Gasteiger partial charge in [0.15, 0.2) is 0 Å². The molecule has 0 aliphatic rings. The highest BCUT2D eigenvalue weighted by atomic mass is 16.1. The summed E-state index contributed by atoms with van der Waals surface area (Å²) in [7, 11) is 0. The molecule has 1 aromatic carbocycles. The molecule has 0 aliphatic heterocycles. The molecule has 0 amide bonds. The van der Waals surface area contributed by atoms with Gasteiger partial charge in [-0.2, -0.15) is 0 Å². The topological polar surface area (TPSA) is 22.0 Å². The Bertz CT molecular complexity index is 564. The number of Topliss-reactive ketones (excluding diaryl/α,β-unsaturated/α-hetero) is 1. The van der Waals surface area contributed by atoms with Gasteiger partial charge in [-0.1, -0.05) is 12.1 Å². The average molecular weight is 229 g/mol. The second-order valence-corrected chi connectivity index (χ2v) is 4.99. The number of hydrogen-bond donors (Lipinski definition) is 0. The highest BCUT2D eigenvalue weighted by Gasteiger charge is 2.13. The van der Waals surface area contributed by atoms with Gasteiger partial charge in [-0.3, -0.25) is 4.79 Å². The predicted octanol–water partition coefficient (Wildman–Crippen LogP) is 3.66. The number of ketones is 1. The van der Waals surface area contributed by atoms with Crippen LogP contribution in [0.4, 0.5) is 0 Å². The maximum Gasteiger partial charge on any atom is 0.135 e. The third kappa shape index (κ3) is 2.12. The molecule has 0 fully saturated rings. The van der Waals surface area contributed by atoms with E-state index in [-0.39, 0.29) is 5.78 Å². The molecule has 2 heteroatoms. The first-order valence-corrected chi connectivity index (χ1v) is 6.09. The molecular weight excluding hydrogens is 210 g/mol. The van der Waals surface area contributed by atoms with E-state index >= 15 is 0 Å². The molecule has 2 nitrogen and oxygen atoms in total. The maximum absolute atomic E-state index is 11.3. The average Bonchev–Trinajstić information content (AvgIpc) is 2.56. The molecule has 2 aromatic rings. The number of fused-ring (bicyclic) bond motifs is 1. The van der Waals surface area contributed by atoms with Crippen molar-refractivity contribution >= 4 is 16.7 Å². The van der Waals surface area contributed by atoms with Crippen molar-refractivity contribution in [1.29, 1.82) is 0 Å². The van der Waals surface area contributed by atoms with Gasteiger partial charge in [0.05, 0.1) is 0 Å². The second-order valence-electron chi connectivity index (χ2n) is 4.99. The van der Waals surface area contributed by atoms with Crippen molar-refractivity contribution in [3.05, 3.63) is 35.5 Å². The van der Waals surface area contributed by atoms with E-state index in [0.29, 0.717) is 12.5 Å². The van der Waals surface area contributed by atoms with Crippen molar-refractivity contribution in [3.63, 3.8) is 0 Å². The summed E-state index contributed by atoms with van der Waals surface area (Å²) in [5.74, 6) is 0.215. The van der Waals surface area contributed by atoms with E-state index in [1.165, 1.54) is 16.5 Å². The number of aryl methyl sites for hydroxylation is 1. The van der Waals surface area contributed by atoms with Crippen LogP contribution >= 0.6 is 0 Å². The van der Waals surface area contributed by atoms with Crippen molar-refractivity contribution in [2.45, 2.75) is 40.2 Å². The molecule has 0 saturated carbocycles. The Balaban J connectivity index is 2.70. The smallest absolute Gasteiger partial charge is 0.135 e. The van der Waals surface area contributed by atoms with E-state index in [0.717, 1.165) is 5.69 Å². The Labute approximate surface area is 102 Å². The van der Waals surface area contributed by atoms with Gasteiger partial charge in [-0.05, 0) is 45.4 Å². The first kappa shape index (κ1) is 11.9. The number of carbonyl (C=O) groups excluding carboxylic acids is 1. The van der Waals surface area contributed by atoms with E-state index in [1.54, 1.807) is 6.92 Å². The van der Waals surface area contributed by atoms with Crippen LogP contribution in [0.5, 0.6) is 0 Å². The fourth-order valence-corrected chi connectivity index (χ4v) is 2.45. The van der Waals surface area contributed by atoms with Gasteiger partial charge >= 0.3 is 0 Å². The van der Waals surface area contributed by atoms with Crippen molar-refractivity contribution in [1.82, 2.24) is 4.57 Å². The SMILES string of the molecule is CC(=O)Cc1cc2c(C)cccc2n1C(C)C. The highest BCUT2D eigenvalue weighted by molar-refractivity contribution is 5.87. The molecule has 0 aliphatic carbocycles. The Kier molecular flexibility index (Phi) is 3.05. The van der Waals surface area contributed by atoms with Gasteiger partial charge in [0, 0.05) is 29.1 Å². The van der Waals surface area contributed by atoms with Crippen LogP contribution in [0.2, 0.25) is 0 Å². The minimum atomic E-state index is 0.215. The zero-order valence-corrected chi connectivity index (χ0v) is 10.9.